The van der Waals surface area contributed by atoms with Crippen LogP contribution >= 0.6 is 0 Å². The minimum Gasteiger partial charge on any atom is -0.367 e. The van der Waals surface area contributed by atoms with Crippen LogP contribution in [0.25, 0.3) is 0 Å². The molecule has 1 aromatic heterocycles. The Morgan fingerprint density at radius 2 is 2.24 bits per heavy atom. The molecule has 2 rings (SSSR count). The number of hydrogen-bond acceptors (Lipinski definition) is 3. The molecule has 0 aliphatic carbocycles. The van der Waals surface area contributed by atoms with Gasteiger partial charge < -0.3 is 10.2 Å². The lowest BCUT2D eigenvalue weighted by Gasteiger charge is -2.30. The second kappa shape index (κ2) is 5.32. The molecule has 0 spiro atoms. The molecule has 0 bridgehead atoms. The fourth-order valence-corrected chi connectivity index (χ4v) is 2.31. The molecule has 1 aliphatic rings. The van der Waals surface area contributed by atoms with Crippen LogP contribution in [0.3, 0.4) is 0 Å². The molecule has 3 heteroatoms. The normalized spacial score (nSPS) is 15.9. The lowest BCUT2D eigenvalue weighted by Crippen LogP contribution is -2.30. The maximum atomic E-state index is 4.39. The number of nitrogens with one attached hydrogen (secondary N) is 1. The van der Waals surface area contributed by atoms with Crippen LogP contribution in [0.5, 0.6) is 0 Å². The third kappa shape index (κ3) is 2.86. The summed E-state index contributed by atoms with van der Waals surface area (Å²) in [6.07, 6.45) is 5.48. The van der Waals surface area contributed by atoms with Crippen LogP contribution in [0.1, 0.15) is 24.6 Å². The summed E-state index contributed by atoms with van der Waals surface area (Å²) in [6, 6.07) is 2.20. The first-order valence-corrected chi connectivity index (χ1v) is 6.21. The van der Waals surface area contributed by atoms with E-state index in [-0.39, 0.29) is 0 Å². The van der Waals surface area contributed by atoms with Crippen molar-refractivity contribution in [3.8, 4) is 0 Å². The van der Waals surface area contributed by atoms with Gasteiger partial charge in [-0.3, -0.25) is 4.98 Å². The van der Waals surface area contributed by atoms with Crippen LogP contribution in [-0.4, -0.2) is 25.1 Å². The van der Waals surface area contributed by atoms with Gasteiger partial charge in [-0.15, -0.1) is 0 Å². The second-order valence-electron chi connectivity index (χ2n) is 4.75. The summed E-state index contributed by atoms with van der Waals surface area (Å²) in [5, 5.41) is 3.21. The van der Waals surface area contributed by atoms with E-state index < -0.39 is 0 Å². The smallest absolute Gasteiger partial charge is 0.0448 e. The molecule has 92 valence electrons. The van der Waals surface area contributed by atoms with Gasteiger partial charge in [0.05, 0.1) is 0 Å². The fraction of sp³-hybridized carbons (Fsp3) is 0.500. The van der Waals surface area contributed by atoms with Crippen LogP contribution in [-0.2, 0) is 6.54 Å². The van der Waals surface area contributed by atoms with Crippen molar-refractivity contribution in [3.05, 3.63) is 35.2 Å². The molecule has 17 heavy (non-hydrogen) atoms. The van der Waals surface area contributed by atoms with Gasteiger partial charge in [-0.1, -0.05) is 11.6 Å². The molecule has 0 fully saturated rings. The summed E-state index contributed by atoms with van der Waals surface area (Å²) < 4.78 is 0. The molecule has 0 radical (unpaired) electrons. The summed E-state index contributed by atoms with van der Waals surface area (Å²) >= 11 is 0. The molecule has 0 atom stereocenters. The van der Waals surface area contributed by atoms with E-state index in [2.05, 4.69) is 41.2 Å². The summed E-state index contributed by atoms with van der Waals surface area (Å²) in [6.45, 7) is 7.29. The van der Waals surface area contributed by atoms with Crippen LogP contribution in [0, 0.1) is 6.92 Å². The van der Waals surface area contributed by atoms with E-state index in [0.717, 1.165) is 31.7 Å². The number of rotatable bonds is 3. The summed E-state index contributed by atoms with van der Waals surface area (Å²) in [4.78, 5) is 6.85. The molecule has 0 unspecified atom stereocenters. The molecular weight excluding hydrogens is 210 g/mol. The van der Waals surface area contributed by atoms with Crippen molar-refractivity contribution >= 4 is 5.69 Å². The molecule has 0 saturated carbocycles. The Hall–Kier alpha value is -1.35. The van der Waals surface area contributed by atoms with Gasteiger partial charge in [0.15, 0.2) is 0 Å². The first-order valence-electron chi connectivity index (χ1n) is 6.21. The van der Waals surface area contributed by atoms with Crippen molar-refractivity contribution in [2.45, 2.75) is 26.8 Å². The van der Waals surface area contributed by atoms with Gasteiger partial charge in [-0.25, -0.2) is 0 Å². The molecule has 1 N–H and O–H groups in total. The van der Waals surface area contributed by atoms with Crippen LogP contribution in [0.4, 0.5) is 5.69 Å². The molecule has 0 amide bonds. The van der Waals surface area contributed by atoms with Crippen molar-refractivity contribution in [3.63, 3.8) is 0 Å². The zero-order chi connectivity index (χ0) is 12.3. The summed E-state index contributed by atoms with van der Waals surface area (Å²) in [5.74, 6) is 0. The van der Waals surface area contributed by atoms with Gasteiger partial charge in [0.2, 0.25) is 0 Å². The van der Waals surface area contributed by atoms with Crippen molar-refractivity contribution in [2.75, 3.05) is 25.0 Å². The quantitative estimate of drug-likeness (QED) is 0.809. The number of hydrogen-bond donors (Lipinski definition) is 1. The van der Waals surface area contributed by atoms with Crippen molar-refractivity contribution in [2.24, 2.45) is 0 Å². The van der Waals surface area contributed by atoms with Gasteiger partial charge in [-0.2, -0.15) is 0 Å². The average Bonchev–Trinajstić information content (AvgIpc) is 2.32. The second-order valence-corrected chi connectivity index (χ2v) is 4.75. The van der Waals surface area contributed by atoms with E-state index in [0.29, 0.717) is 0 Å². The molecule has 0 aromatic carbocycles. The Morgan fingerprint density at radius 3 is 2.94 bits per heavy atom. The topological polar surface area (TPSA) is 28.2 Å². The van der Waals surface area contributed by atoms with Crippen LogP contribution in [0.15, 0.2) is 23.9 Å². The molecule has 0 saturated heterocycles. The predicted octanol–water partition coefficient (Wildman–Crippen LogP) is 2.27. The minimum atomic E-state index is 0.877. The lowest BCUT2D eigenvalue weighted by atomic mass is 10.1. The Kier molecular flexibility index (Phi) is 3.79. The standard InChI is InChI=1S/C14H21N3/c1-11-5-4-6-17(10-11)14-7-12(2)16-9-13(14)8-15-3/h5,7,9,15H,4,6,8,10H2,1-3H3. The van der Waals surface area contributed by atoms with E-state index in [1.807, 2.05) is 13.2 Å². The zero-order valence-electron chi connectivity index (χ0n) is 11.0. The van der Waals surface area contributed by atoms with Gasteiger partial charge >= 0.3 is 0 Å². The van der Waals surface area contributed by atoms with E-state index in [1.54, 1.807) is 0 Å². The van der Waals surface area contributed by atoms with E-state index in [1.165, 1.54) is 16.8 Å². The highest BCUT2D eigenvalue weighted by Gasteiger charge is 2.14. The maximum absolute atomic E-state index is 4.39. The van der Waals surface area contributed by atoms with Crippen LogP contribution in [0.2, 0.25) is 0 Å². The molecule has 1 aromatic rings. The van der Waals surface area contributed by atoms with Gasteiger partial charge in [0.25, 0.3) is 0 Å². The highest BCUT2D eigenvalue weighted by molar-refractivity contribution is 5.55. The fourth-order valence-electron chi connectivity index (χ4n) is 2.31. The first kappa shape index (κ1) is 12.1. The number of aromatic nitrogens is 1. The highest BCUT2D eigenvalue weighted by atomic mass is 15.1. The van der Waals surface area contributed by atoms with Gasteiger partial charge in [-0.05, 0) is 33.4 Å². The molecule has 1 aliphatic heterocycles. The Balaban J connectivity index is 2.29. The van der Waals surface area contributed by atoms with E-state index in [9.17, 15) is 0 Å². The van der Waals surface area contributed by atoms with E-state index >= 15 is 0 Å². The summed E-state index contributed by atoms with van der Waals surface area (Å²) in [5.41, 5.74) is 5.17. The maximum Gasteiger partial charge on any atom is 0.0448 e. The lowest BCUT2D eigenvalue weighted by molar-refractivity contribution is 0.761. The molecule has 3 nitrogen and oxygen atoms in total. The number of nitrogens with zero attached hydrogens (tertiary/aromatic N) is 2. The van der Waals surface area contributed by atoms with Crippen molar-refractivity contribution < 1.29 is 0 Å². The number of aryl methyl sites for hydroxylation is 1. The third-order valence-corrected chi connectivity index (χ3v) is 3.14. The van der Waals surface area contributed by atoms with Crippen molar-refractivity contribution in [1.82, 2.24) is 10.3 Å². The SMILES string of the molecule is CNCc1cnc(C)cc1N1CCC=C(C)C1. The monoisotopic (exact) mass is 231 g/mol. The first-order chi connectivity index (χ1) is 8.20. The third-order valence-electron chi connectivity index (χ3n) is 3.14. The Bertz CT molecular complexity index is 423. The van der Waals surface area contributed by atoms with Crippen molar-refractivity contribution in [1.29, 1.82) is 0 Å². The Morgan fingerprint density at radius 1 is 1.41 bits per heavy atom. The van der Waals surface area contributed by atoms with Crippen LogP contribution < -0.4 is 10.2 Å². The van der Waals surface area contributed by atoms with Gasteiger partial charge in [0.1, 0.15) is 0 Å². The largest absolute Gasteiger partial charge is 0.367 e. The zero-order valence-corrected chi connectivity index (χ0v) is 11.0. The predicted molar refractivity (Wildman–Crippen MR) is 72.3 cm³/mol. The number of pyridine rings is 1. The van der Waals surface area contributed by atoms with Gasteiger partial charge in [0, 0.05) is 42.8 Å². The molecular formula is C14H21N3. The summed E-state index contributed by atoms with van der Waals surface area (Å²) in [7, 11) is 1.98. The number of anilines is 1. The average molecular weight is 231 g/mol. The van der Waals surface area contributed by atoms with E-state index in [4.69, 9.17) is 0 Å². The highest BCUT2D eigenvalue weighted by Crippen LogP contribution is 2.24. The molecule has 2 heterocycles. The Labute approximate surface area is 104 Å². The minimum absolute atomic E-state index is 0.877.